The molecule has 2 rings (SSSR count). The zero-order valence-corrected chi connectivity index (χ0v) is 17.3. The van der Waals surface area contributed by atoms with Gasteiger partial charge in [0.1, 0.15) is 23.0 Å². The summed E-state index contributed by atoms with van der Waals surface area (Å²) < 4.78 is 26.2. The van der Waals surface area contributed by atoms with E-state index in [1.54, 1.807) is 18.2 Å². The Bertz CT molecular complexity index is 870. The molecule has 0 heterocycles. The zero-order valence-electron chi connectivity index (χ0n) is 17.3. The second kappa shape index (κ2) is 9.68. The van der Waals surface area contributed by atoms with Gasteiger partial charge in [0, 0.05) is 11.6 Å². The lowest BCUT2D eigenvalue weighted by Crippen LogP contribution is -2.30. The van der Waals surface area contributed by atoms with Crippen molar-refractivity contribution < 1.29 is 33.3 Å². The fraction of sp³-hybridized carbons (Fsp3) is 0.333. The van der Waals surface area contributed by atoms with Crippen LogP contribution in [0.15, 0.2) is 30.3 Å². The Labute approximate surface area is 169 Å². The highest BCUT2D eigenvalue weighted by molar-refractivity contribution is 5.98. The summed E-state index contributed by atoms with van der Waals surface area (Å²) in [6.07, 6.45) is -1.06. The Balaban J connectivity index is 2.15. The molecule has 0 aliphatic carbocycles. The minimum absolute atomic E-state index is 0.211. The van der Waals surface area contributed by atoms with E-state index in [-0.39, 0.29) is 5.56 Å². The molecule has 29 heavy (non-hydrogen) atoms. The predicted molar refractivity (Wildman–Crippen MR) is 107 cm³/mol. The summed E-state index contributed by atoms with van der Waals surface area (Å²) in [5.74, 6) is 0.761. The van der Waals surface area contributed by atoms with Gasteiger partial charge in [0.2, 0.25) is 0 Å². The first-order chi connectivity index (χ1) is 13.8. The maximum Gasteiger partial charge on any atom is 0.339 e. The van der Waals surface area contributed by atoms with Crippen molar-refractivity contribution in [3.05, 3.63) is 41.5 Å². The first-order valence-corrected chi connectivity index (χ1v) is 8.81. The van der Waals surface area contributed by atoms with E-state index in [9.17, 15) is 9.59 Å². The maximum absolute atomic E-state index is 12.5. The molecule has 2 aromatic rings. The van der Waals surface area contributed by atoms with E-state index in [1.807, 2.05) is 6.92 Å². The molecule has 1 N–H and O–H groups in total. The van der Waals surface area contributed by atoms with Crippen LogP contribution in [0.3, 0.4) is 0 Å². The quantitative estimate of drug-likeness (QED) is 0.677. The molecule has 0 spiro atoms. The molecule has 0 saturated heterocycles. The molecule has 156 valence electrons. The van der Waals surface area contributed by atoms with Gasteiger partial charge in [-0.1, -0.05) is 0 Å². The van der Waals surface area contributed by atoms with Crippen LogP contribution >= 0.6 is 0 Å². The van der Waals surface area contributed by atoms with Crippen molar-refractivity contribution in [2.45, 2.75) is 20.0 Å². The average molecular weight is 403 g/mol. The lowest BCUT2D eigenvalue weighted by molar-refractivity contribution is -0.123. The van der Waals surface area contributed by atoms with Crippen molar-refractivity contribution in [2.24, 2.45) is 0 Å². The molecule has 0 aliphatic rings. The summed E-state index contributed by atoms with van der Waals surface area (Å²) in [6, 6.07) is 8.05. The highest BCUT2D eigenvalue weighted by Crippen LogP contribution is 2.31. The van der Waals surface area contributed by atoms with Crippen molar-refractivity contribution in [2.75, 3.05) is 33.8 Å². The number of benzene rings is 2. The number of ether oxygens (including phenoxy) is 5. The monoisotopic (exact) mass is 403 g/mol. The second-order valence-electron chi connectivity index (χ2n) is 6.11. The number of amides is 1. The van der Waals surface area contributed by atoms with Gasteiger partial charge in [-0.15, -0.1) is 0 Å². The summed E-state index contributed by atoms with van der Waals surface area (Å²) in [6.45, 7) is 3.28. The highest BCUT2D eigenvalue weighted by Gasteiger charge is 2.22. The molecule has 0 aliphatic heterocycles. The maximum atomic E-state index is 12.5. The van der Waals surface area contributed by atoms with Gasteiger partial charge < -0.3 is 29.0 Å². The number of hydrogen-bond acceptors (Lipinski definition) is 7. The van der Waals surface area contributed by atoms with Crippen LogP contribution in [0.2, 0.25) is 0 Å². The van der Waals surface area contributed by atoms with E-state index < -0.39 is 18.0 Å². The molecule has 8 nitrogen and oxygen atoms in total. The van der Waals surface area contributed by atoms with Crippen LogP contribution in [0.1, 0.15) is 22.8 Å². The van der Waals surface area contributed by atoms with Crippen LogP contribution in [0.4, 0.5) is 5.69 Å². The first-order valence-electron chi connectivity index (χ1n) is 8.81. The van der Waals surface area contributed by atoms with Gasteiger partial charge in [0.05, 0.1) is 39.7 Å². The zero-order chi connectivity index (χ0) is 21.6. The van der Waals surface area contributed by atoms with E-state index >= 15 is 0 Å². The predicted octanol–water partition coefficient (Wildman–Crippen LogP) is 3.21. The molecular formula is C21H25NO7. The molecule has 2 aromatic carbocycles. The largest absolute Gasteiger partial charge is 0.497 e. The molecule has 1 unspecified atom stereocenters. The van der Waals surface area contributed by atoms with Crippen LogP contribution < -0.4 is 24.3 Å². The summed E-state index contributed by atoms with van der Waals surface area (Å²) in [5, 5.41) is 2.68. The van der Waals surface area contributed by atoms with E-state index in [4.69, 9.17) is 23.7 Å². The average Bonchev–Trinajstić information content (AvgIpc) is 2.73. The third kappa shape index (κ3) is 5.10. The molecule has 1 atom stereocenters. The number of rotatable bonds is 8. The van der Waals surface area contributed by atoms with Crippen LogP contribution in [0.25, 0.3) is 0 Å². The number of anilines is 1. The van der Waals surface area contributed by atoms with Gasteiger partial charge >= 0.3 is 5.97 Å². The Morgan fingerprint density at radius 1 is 0.862 bits per heavy atom. The minimum atomic E-state index is -1.06. The molecule has 0 bridgehead atoms. The van der Waals surface area contributed by atoms with Gasteiger partial charge in [0.25, 0.3) is 5.91 Å². The highest BCUT2D eigenvalue weighted by atomic mass is 16.5. The molecular weight excluding hydrogens is 378 g/mol. The fourth-order valence-corrected chi connectivity index (χ4v) is 2.63. The molecule has 0 fully saturated rings. The molecule has 0 aromatic heterocycles. The molecule has 1 amide bonds. The van der Waals surface area contributed by atoms with Crippen LogP contribution in [-0.2, 0) is 9.53 Å². The van der Waals surface area contributed by atoms with Gasteiger partial charge in [-0.3, -0.25) is 4.79 Å². The Morgan fingerprint density at radius 2 is 1.45 bits per heavy atom. The number of carbonyl (C=O) groups excluding carboxylic acids is 2. The molecule has 8 heteroatoms. The molecule has 0 radical (unpaired) electrons. The van der Waals surface area contributed by atoms with Gasteiger partial charge in [-0.05, 0) is 38.1 Å². The number of esters is 1. The van der Waals surface area contributed by atoms with E-state index in [1.165, 1.54) is 47.5 Å². The topological polar surface area (TPSA) is 92.3 Å². The van der Waals surface area contributed by atoms with Crippen LogP contribution in [0, 0.1) is 6.92 Å². The van der Waals surface area contributed by atoms with Gasteiger partial charge in [0.15, 0.2) is 6.10 Å². The van der Waals surface area contributed by atoms with Crippen LogP contribution in [0.5, 0.6) is 23.0 Å². The van der Waals surface area contributed by atoms with E-state index in [0.29, 0.717) is 28.7 Å². The smallest absolute Gasteiger partial charge is 0.339 e. The number of nitrogens with one attached hydrogen (secondary N) is 1. The summed E-state index contributed by atoms with van der Waals surface area (Å²) in [5.41, 5.74) is 1.36. The number of methoxy groups -OCH3 is 4. The third-order valence-corrected chi connectivity index (χ3v) is 4.31. The lowest BCUT2D eigenvalue weighted by Gasteiger charge is -2.17. The van der Waals surface area contributed by atoms with Crippen LogP contribution in [-0.4, -0.2) is 46.4 Å². The van der Waals surface area contributed by atoms with Gasteiger partial charge in [-0.25, -0.2) is 4.79 Å². The summed E-state index contributed by atoms with van der Waals surface area (Å²) in [4.78, 5) is 25.0. The summed E-state index contributed by atoms with van der Waals surface area (Å²) in [7, 11) is 5.99. The Hall–Kier alpha value is -3.42. The number of hydrogen-bond donors (Lipinski definition) is 1. The normalized spacial score (nSPS) is 11.2. The van der Waals surface area contributed by atoms with Crippen molar-refractivity contribution in [1.82, 2.24) is 0 Å². The van der Waals surface area contributed by atoms with Crippen molar-refractivity contribution in [1.29, 1.82) is 0 Å². The lowest BCUT2D eigenvalue weighted by atomic mass is 10.1. The van der Waals surface area contributed by atoms with Crippen molar-refractivity contribution >= 4 is 17.6 Å². The number of carbonyl (C=O) groups is 2. The standard InChI is InChI=1S/C21H25NO7/c1-12-18(27-5)9-14(10-19(12)28-6)21(24)29-13(2)20(23)22-16-11-15(25-3)7-8-17(16)26-4/h7-11,13H,1-6H3,(H,22,23). The Morgan fingerprint density at radius 3 is 1.97 bits per heavy atom. The van der Waals surface area contributed by atoms with Gasteiger partial charge in [-0.2, -0.15) is 0 Å². The first kappa shape index (κ1) is 21.9. The molecule has 0 saturated carbocycles. The van der Waals surface area contributed by atoms with Crippen molar-refractivity contribution in [3.8, 4) is 23.0 Å². The second-order valence-corrected chi connectivity index (χ2v) is 6.11. The van der Waals surface area contributed by atoms with E-state index in [2.05, 4.69) is 5.32 Å². The Kier molecular flexibility index (Phi) is 7.30. The van der Waals surface area contributed by atoms with Crippen molar-refractivity contribution in [3.63, 3.8) is 0 Å². The van der Waals surface area contributed by atoms with E-state index in [0.717, 1.165) is 5.56 Å². The third-order valence-electron chi connectivity index (χ3n) is 4.31. The fourth-order valence-electron chi connectivity index (χ4n) is 2.63. The minimum Gasteiger partial charge on any atom is -0.497 e. The SMILES string of the molecule is COc1ccc(OC)c(NC(=O)C(C)OC(=O)c2cc(OC)c(C)c(OC)c2)c1. The summed E-state index contributed by atoms with van der Waals surface area (Å²) >= 11 is 0.